The summed E-state index contributed by atoms with van der Waals surface area (Å²) in [5.41, 5.74) is 0. The highest BCUT2D eigenvalue weighted by molar-refractivity contribution is 5.97. The summed E-state index contributed by atoms with van der Waals surface area (Å²) in [5, 5.41) is 3.00. The van der Waals surface area contributed by atoms with Gasteiger partial charge in [0, 0.05) is 6.04 Å². The van der Waals surface area contributed by atoms with Crippen molar-refractivity contribution in [1.82, 2.24) is 10.2 Å². The van der Waals surface area contributed by atoms with Crippen LogP contribution in [0.15, 0.2) is 0 Å². The van der Waals surface area contributed by atoms with Crippen molar-refractivity contribution in [3.8, 4) is 0 Å². The summed E-state index contributed by atoms with van der Waals surface area (Å²) >= 11 is 0. The Bertz CT molecular complexity index is 446. The van der Waals surface area contributed by atoms with Crippen molar-refractivity contribution in [3.63, 3.8) is 0 Å². The van der Waals surface area contributed by atoms with Crippen molar-refractivity contribution in [3.05, 3.63) is 0 Å². The molecule has 4 aliphatic rings. The minimum atomic E-state index is -0.221. The summed E-state index contributed by atoms with van der Waals surface area (Å²) < 4.78 is 0. The summed E-state index contributed by atoms with van der Waals surface area (Å²) in [4.78, 5) is 27.3. The second-order valence-electron chi connectivity index (χ2n) is 7.24. The standard InChI is InChI=1S/C16H24N2O2/c1-2-12-15(19)17-14(10-5-6-10)16(20)18(12)13-8-9-3-4-11(13)7-9/h9-14H,2-8H2,1H3,(H,17,19). The van der Waals surface area contributed by atoms with E-state index in [-0.39, 0.29) is 23.9 Å². The van der Waals surface area contributed by atoms with E-state index in [1.807, 2.05) is 11.8 Å². The van der Waals surface area contributed by atoms with Gasteiger partial charge in [-0.1, -0.05) is 13.3 Å². The Morgan fingerprint density at radius 3 is 2.40 bits per heavy atom. The molecule has 4 rings (SSSR count). The first kappa shape index (κ1) is 12.7. The quantitative estimate of drug-likeness (QED) is 0.853. The number of hydrogen-bond donors (Lipinski definition) is 1. The molecule has 20 heavy (non-hydrogen) atoms. The van der Waals surface area contributed by atoms with Gasteiger partial charge in [0.1, 0.15) is 12.1 Å². The Hall–Kier alpha value is -1.06. The molecule has 4 fully saturated rings. The highest BCUT2D eigenvalue weighted by atomic mass is 16.2. The molecule has 110 valence electrons. The number of piperazine rings is 1. The number of nitrogens with zero attached hydrogens (tertiary/aromatic N) is 1. The Morgan fingerprint density at radius 2 is 1.85 bits per heavy atom. The lowest BCUT2D eigenvalue weighted by Gasteiger charge is -2.45. The SMILES string of the molecule is CCC1C(=O)NC(C2CC2)C(=O)N1C1CC2CCC1C2. The van der Waals surface area contributed by atoms with Gasteiger partial charge in [0.15, 0.2) is 0 Å². The molecule has 3 aliphatic carbocycles. The number of rotatable bonds is 3. The smallest absolute Gasteiger partial charge is 0.246 e. The molecule has 3 saturated carbocycles. The molecule has 2 amide bonds. The number of amides is 2. The third kappa shape index (κ3) is 1.80. The van der Waals surface area contributed by atoms with Crippen LogP contribution in [0, 0.1) is 17.8 Å². The van der Waals surface area contributed by atoms with Crippen molar-refractivity contribution in [1.29, 1.82) is 0 Å². The molecule has 2 bridgehead atoms. The predicted molar refractivity (Wildman–Crippen MR) is 74.8 cm³/mol. The lowest BCUT2D eigenvalue weighted by atomic mass is 9.90. The van der Waals surface area contributed by atoms with Crippen LogP contribution in [0.2, 0.25) is 0 Å². The third-order valence-electron chi connectivity index (χ3n) is 5.99. The molecule has 1 saturated heterocycles. The maximum atomic E-state index is 12.9. The molecule has 1 heterocycles. The average molecular weight is 276 g/mol. The highest BCUT2D eigenvalue weighted by Crippen LogP contribution is 2.48. The van der Waals surface area contributed by atoms with Crippen LogP contribution >= 0.6 is 0 Å². The molecule has 4 heteroatoms. The van der Waals surface area contributed by atoms with Gasteiger partial charge in [0.05, 0.1) is 0 Å². The van der Waals surface area contributed by atoms with Crippen molar-refractivity contribution in [2.75, 3.05) is 0 Å². The van der Waals surface area contributed by atoms with E-state index < -0.39 is 0 Å². The normalized spacial score (nSPS) is 44.0. The summed E-state index contributed by atoms with van der Waals surface area (Å²) in [5.74, 6) is 2.18. The van der Waals surface area contributed by atoms with Crippen molar-refractivity contribution < 1.29 is 9.59 Å². The summed E-state index contributed by atoms with van der Waals surface area (Å²) in [7, 11) is 0. The number of nitrogens with one attached hydrogen (secondary N) is 1. The van der Waals surface area contributed by atoms with Crippen LogP contribution in [0.3, 0.4) is 0 Å². The molecular weight excluding hydrogens is 252 g/mol. The minimum Gasteiger partial charge on any atom is -0.342 e. The fourth-order valence-corrected chi connectivity index (χ4v) is 4.83. The zero-order valence-electron chi connectivity index (χ0n) is 12.2. The van der Waals surface area contributed by atoms with Crippen LogP contribution in [0.25, 0.3) is 0 Å². The summed E-state index contributed by atoms with van der Waals surface area (Å²) in [6.07, 6.45) is 7.93. The van der Waals surface area contributed by atoms with Gasteiger partial charge < -0.3 is 10.2 Å². The van der Waals surface area contributed by atoms with Crippen LogP contribution in [0.4, 0.5) is 0 Å². The van der Waals surface area contributed by atoms with Gasteiger partial charge in [0.25, 0.3) is 0 Å². The van der Waals surface area contributed by atoms with E-state index in [1.165, 1.54) is 19.3 Å². The van der Waals surface area contributed by atoms with Gasteiger partial charge in [-0.25, -0.2) is 0 Å². The van der Waals surface area contributed by atoms with E-state index in [1.54, 1.807) is 0 Å². The molecule has 0 aromatic carbocycles. The molecular formula is C16H24N2O2. The molecule has 4 nitrogen and oxygen atoms in total. The topological polar surface area (TPSA) is 49.4 Å². The molecule has 5 unspecified atom stereocenters. The third-order valence-corrected chi connectivity index (χ3v) is 5.99. The average Bonchev–Trinajstić information content (AvgIpc) is 3.07. The van der Waals surface area contributed by atoms with Crippen molar-refractivity contribution in [2.45, 2.75) is 70.0 Å². The van der Waals surface area contributed by atoms with Crippen molar-refractivity contribution in [2.24, 2.45) is 17.8 Å². The number of hydrogen-bond acceptors (Lipinski definition) is 2. The zero-order chi connectivity index (χ0) is 13.9. The first-order valence-corrected chi connectivity index (χ1v) is 8.31. The van der Waals surface area contributed by atoms with Crippen LogP contribution < -0.4 is 5.32 Å². The second-order valence-corrected chi connectivity index (χ2v) is 7.24. The van der Waals surface area contributed by atoms with E-state index >= 15 is 0 Å². The number of carbonyl (C=O) groups is 2. The first-order chi connectivity index (χ1) is 9.69. The largest absolute Gasteiger partial charge is 0.342 e. The number of fused-ring (bicyclic) bond motifs is 2. The van der Waals surface area contributed by atoms with Crippen LogP contribution in [0.5, 0.6) is 0 Å². The Labute approximate surface area is 120 Å². The van der Waals surface area contributed by atoms with Gasteiger partial charge in [-0.2, -0.15) is 0 Å². The van der Waals surface area contributed by atoms with E-state index in [9.17, 15) is 9.59 Å². The van der Waals surface area contributed by atoms with E-state index in [0.717, 1.165) is 31.6 Å². The fraction of sp³-hybridized carbons (Fsp3) is 0.875. The zero-order valence-corrected chi connectivity index (χ0v) is 12.2. The van der Waals surface area contributed by atoms with Gasteiger partial charge in [-0.05, 0) is 56.3 Å². The van der Waals surface area contributed by atoms with Gasteiger partial charge in [0.2, 0.25) is 11.8 Å². The highest BCUT2D eigenvalue weighted by Gasteiger charge is 2.52. The molecule has 0 spiro atoms. The lowest BCUT2D eigenvalue weighted by Crippen LogP contribution is -2.66. The van der Waals surface area contributed by atoms with Crippen LogP contribution in [0.1, 0.15) is 51.9 Å². The fourth-order valence-electron chi connectivity index (χ4n) is 4.83. The monoisotopic (exact) mass is 276 g/mol. The van der Waals surface area contributed by atoms with Gasteiger partial charge in [-0.3, -0.25) is 9.59 Å². The molecule has 1 N–H and O–H groups in total. The van der Waals surface area contributed by atoms with Crippen LogP contribution in [-0.2, 0) is 9.59 Å². The molecule has 0 aromatic heterocycles. The van der Waals surface area contributed by atoms with Crippen molar-refractivity contribution >= 4 is 11.8 Å². The Morgan fingerprint density at radius 1 is 1.10 bits per heavy atom. The number of carbonyl (C=O) groups excluding carboxylic acids is 2. The minimum absolute atomic E-state index is 0.0896. The molecule has 0 radical (unpaired) electrons. The maximum Gasteiger partial charge on any atom is 0.246 e. The van der Waals surface area contributed by atoms with Gasteiger partial charge in [-0.15, -0.1) is 0 Å². The molecule has 1 aliphatic heterocycles. The summed E-state index contributed by atoms with van der Waals surface area (Å²) in [6, 6.07) is -0.0928. The molecule has 0 aromatic rings. The Balaban J connectivity index is 1.62. The first-order valence-electron chi connectivity index (χ1n) is 8.31. The van der Waals surface area contributed by atoms with E-state index in [4.69, 9.17) is 0 Å². The summed E-state index contributed by atoms with van der Waals surface area (Å²) in [6.45, 7) is 2.02. The second kappa shape index (κ2) is 4.47. The molecule has 5 atom stereocenters. The van der Waals surface area contributed by atoms with Crippen LogP contribution in [-0.4, -0.2) is 34.8 Å². The van der Waals surface area contributed by atoms with E-state index in [0.29, 0.717) is 17.9 Å². The van der Waals surface area contributed by atoms with Gasteiger partial charge >= 0.3 is 0 Å². The predicted octanol–water partition coefficient (Wildman–Crippen LogP) is 1.69. The Kier molecular flexibility index (Phi) is 2.83. The lowest BCUT2D eigenvalue weighted by molar-refractivity contribution is -0.154. The maximum absolute atomic E-state index is 12.9. The van der Waals surface area contributed by atoms with E-state index in [2.05, 4.69) is 5.32 Å².